The minimum absolute atomic E-state index is 0.0488. The van der Waals surface area contributed by atoms with Gasteiger partial charge in [-0.05, 0) is 24.1 Å². The number of sulfonamides is 1. The lowest BCUT2D eigenvalue weighted by Gasteiger charge is -2.11. The van der Waals surface area contributed by atoms with Crippen molar-refractivity contribution in [2.75, 3.05) is 12.4 Å². The van der Waals surface area contributed by atoms with Gasteiger partial charge in [0.15, 0.2) is 0 Å². The van der Waals surface area contributed by atoms with Crippen molar-refractivity contribution < 1.29 is 22.3 Å². The Labute approximate surface area is 115 Å². The number of hydrogen-bond donors (Lipinski definition) is 2. The lowest BCUT2D eigenvalue weighted by Crippen LogP contribution is -2.35. The topological polar surface area (TPSA) is 66.4 Å². The molecule has 0 aromatic heterocycles. The second-order valence-electron chi connectivity index (χ2n) is 3.84. The summed E-state index contributed by atoms with van der Waals surface area (Å²) in [5.41, 5.74) is 0.876. The number of aliphatic hydroxyl groups is 1. The quantitative estimate of drug-likeness (QED) is 0.747. The van der Waals surface area contributed by atoms with Crippen LogP contribution in [0.4, 0.5) is 8.78 Å². The highest BCUT2D eigenvalue weighted by Gasteiger charge is 2.21. The zero-order valence-corrected chi connectivity index (χ0v) is 11.5. The van der Waals surface area contributed by atoms with Crippen molar-refractivity contribution in [3.05, 3.63) is 29.8 Å². The Morgan fingerprint density at radius 3 is 2.32 bits per heavy atom. The Balaban J connectivity index is 2.71. The second kappa shape index (κ2) is 7.14. The van der Waals surface area contributed by atoms with Gasteiger partial charge in [-0.25, -0.2) is 21.9 Å². The van der Waals surface area contributed by atoms with Crippen molar-refractivity contribution in [2.24, 2.45) is 0 Å². The van der Waals surface area contributed by atoms with E-state index in [2.05, 4.69) is 0 Å². The van der Waals surface area contributed by atoms with E-state index in [-0.39, 0.29) is 4.90 Å². The molecule has 1 atom stereocenters. The minimum atomic E-state index is -3.90. The predicted octanol–water partition coefficient (Wildman–Crippen LogP) is 1.37. The molecule has 1 unspecified atom stereocenters. The van der Waals surface area contributed by atoms with Gasteiger partial charge in [0.1, 0.15) is 6.10 Å². The predicted molar refractivity (Wildman–Crippen MR) is 68.1 cm³/mol. The van der Waals surface area contributed by atoms with E-state index in [0.717, 1.165) is 5.56 Å². The van der Waals surface area contributed by atoms with Crippen molar-refractivity contribution in [1.29, 1.82) is 0 Å². The van der Waals surface area contributed by atoms with Crippen LogP contribution in [0.2, 0.25) is 0 Å². The second-order valence-corrected chi connectivity index (χ2v) is 5.98. The SMILES string of the molecule is O=S(=O)(NCC(O)C(F)F)c1ccc(CCCl)cc1. The zero-order chi connectivity index (χ0) is 14.5. The molecule has 0 saturated heterocycles. The van der Waals surface area contributed by atoms with Crippen molar-refractivity contribution >= 4 is 21.6 Å². The van der Waals surface area contributed by atoms with Crippen LogP contribution in [0.1, 0.15) is 5.56 Å². The first kappa shape index (κ1) is 16.3. The molecule has 0 saturated carbocycles. The number of aryl methyl sites for hydroxylation is 1. The molecule has 0 aliphatic heterocycles. The van der Waals surface area contributed by atoms with Crippen LogP contribution >= 0.6 is 11.6 Å². The van der Waals surface area contributed by atoms with E-state index < -0.39 is 29.1 Å². The normalized spacial score (nSPS) is 13.7. The molecule has 1 rings (SSSR count). The smallest absolute Gasteiger partial charge is 0.265 e. The highest BCUT2D eigenvalue weighted by Crippen LogP contribution is 2.11. The van der Waals surface area contributed by atoms with E-state index in [1.807, 2.05) is 4.72 Å². The van der Waals surface area contributed by atoms with Gasteiger partial charge in [0.2, 0.25) is 10.0 Å². The molecule has 1 aromatic carbocycles. The molecule has 8 heteroatoms. The van der Waals surface area contributed by atoms with E-state index in [4.69, 9.17) is 16.7 Å². The standard InChI is InChI=1S/C11H14ClF2NO3S/c12-6-5-8-1-3-9(4-2-8)19(17,18)15-7-10(16)11(13)14/h1-4,10-11,15-16H,5-7H2. The molecule has 0 heterocycles. The maximum atomic E-state index is 12.0. The van der Waals surface area contributed by atoms with E-state index >= 15 is 0 Å². The summed E-state index contributed by atoms with van der Waals surface area (Å²) in [5, 5.41) is 8.86. The summed E-state index contributed by atoms with van der Waals surface area (Å²) in [5.74, 6) is 0.422. The minimum Gasteiger partial charge on any atom is -0.386 e. The van der Waals surface area contributed by atoms with Crippen LogP contribution in [0.3, 0.4) is 0 Å². The lowest BCUT2D eigenvalue weighted by molar-refractivity contribution is -0.000451. The zero-order valence-electron chi connectivity index (χ0n) is 9.89. The number of hydrogen-bond acceptors (Lipinski definition) is 3. The van der Waals surface area contributed by atoms with Crippen LogP contribution in [0.25, 0.3) is 0 Å². The van der Waals surface area contributed by atoms with Crippen LogP contribution < -0.4 is 4.72 Å². The van der Waals surface area contributed by atoms with Crippen LogP contribution in [0.5, 0.6) is 0 Å². The van der Waals surface area contributed by atoms with Crippen molar-refractivity contribution in [1.82, 2.24) is 4.72 Å². The maximum Gasteiger partial charge on any atom is 0.265 e. The van der Waals surface area contributed by atoms with Gasteiger partial charge in [0, 0.05) is 12.4 Å². The lowest BCUT2D eigenvalue weighted by atomic mass is 10.2. The van der Waals surface area contributed by atoms with Crippen LogP contribution in [0, 0.1) is 0 Å². The van der Waals surface area contributed by atoms with Gasteiger partial charge >= 0.3 is 0 Å². The van der Waals surface area contributed by atoms with Gasteiger partial charge in [-0.2, -0.15) is 0 Å². The molecule has 0 aliphatic rings. The highest BCUT2D eigenvalue weighted by atomic mass is 35.5. The van der Waals surface area contributed by atoms with Gasteiger partial charge < -0.3 is 5.11 Å². The molecular weight excluding hydrogens is 300 g/mol. The number of benzene rings is 1. The summed E-state index contributed by atoms with van der Waals surface area (Å²) in [6, 6.07) is 5.92. The van der Waals surface area contributed by atoms with E-state index in [1.54, 1.807) is 12.1 Å². The Hall–Kier alpha value is -0.760. The Bertz CT molecular complexity index is 493. The molecule has 4 nitrogen and oxygen atoms in total. The molecule has 19 heavy (non-hydrogen) atoms. The fraction of sp³-hybridized carbons (Fsp3) is 0.455. The summed E-state index contributed by atoms with van der Waals surface area (Å²) in [4.78, 5) is -0.0488. The summed E-state index contributed by atoms with van der Waals surface area (Å²) in [7, 11) is -3.90. The molecular formula is C11H14ClF2NO3S. The van der Waals surface area contributed by atoms with Crippen molar-refractivity contribution in [2.45, 2.75) is 23.8 Å². The molecule has 2 N–H and O–H groups in total. The van der Waals surface area contributed by atoms with Gasteiger partial charge in [0.25, 0.3) is 6.43 Å². The van der Waals surface area contributed by atoms with Gasteiger partial charge in [-0.15, -0.1) is 11.6 Å². The fourth-order valence-electron chi connectivity index (χ4n) is 1.31. The average Bonchev–Trinajstić information content (AvgIpc) is 2.37. The van der Waals surface area contributed by atoms with E-state index in [9.17, 15) is 17.2 Å². The summed E-state index contributed by atoms with van der Waals surface area (Å²) >= 11 is 5.55. The molecule has 0 fully saturated rings. The van der Waals surface area contributed by atoms with E-state index in [1.165, 1.54) is 12.1 Å². The van der Waals surface area contributed by atoms with Crippen LogP contribution in [-0.2, 0) is 16.4 Å². The number of nitrogens with one attached hydrogen (secondary N) is 1. The molecule has 0 bridgehead atoms. The van der Waals surface area contributed by atoms with E-state index in [0.29, 0.717) is 12.3 Å². The van der Waals surface area contributed by atoms with Crippen LogP contribution in [0.15, 0.2) is 29.2 Å². The fourth-order valence-corrected chi connectivity index (χ4v) is 2.58. The number of halogens is 3. The van der Waals surface area contributed by atoms with Crippen LogP contribution in [-0.4, -0.2) is 38.5 Å². The number of alkyl halides is 3. The third kappa shape index (κ3) is 5.02. The van der Waals surface area contributed by atoms with Gasteiger partial charge in [-0.3, -0.25) is 0 Å². The highest BCUT2D eigenvalue weighted by molar-refractivity contribution is 7.89. The maximum absolute atomic E-state index is 12.0. The third-order valence-electron chi connectivity index (χ3n) is 2.39. The Morgan fingerprint density at radius 1 is 1.26 bits per heavy atom. The average molecular weight is 314 g/mol. The summed E-state index contributed by atoms with van der Waals surface area (Å²) < 4.78 is 49.5. The first-order valence-electron chi connectivity index (χ1n) is 5.47. The molecule has 108 valence electrons. The molecule has 1 aromatic rings. The molecule has 0 radical (unpaired) electrons. The van der Waals surface area contributed by atoms with Crippen molar-refractivity contribution in [3.63, 3.8) is 0 Å². The Kier molecular flexibility index (Phi) is 6.12. The van der Waals surface area contributed by atoms with Crippen molar-refractivity contribution in [3.8, 4) is 0 Å². The number of rotatable bonds is 7. The third-order valence-corrected chi connectivity index (χ3v) is 4.02. The largest absolute Gasteiger partial charge is 0.386 e. The van der Waals surface area contributed by atoms with Gasteiger partial charge in [-0.1, -0.05) is 12.1 Å². The molecule has 0 spiro atoms. The number of aliphatic hydroxyl groups excluding tert-OH is 1. The molecule has 0 amide bonds. The van der Waals surface area contributed by atoms with Gasteiger partial charge in [0.05, 0.1) is 4.90 Å². The monoisotopic (exact) mass is 313 g/mol. The first-order chi connectivity index (χ1) is 8.86. The summed E-state index contributed by atoms with van der Waals surface area (Å²) in [6.45, 7) is -0.733. The molecule has 0 aliphatic carbocycles. The summed E-state index contributed by atoms with van der Waals surface area (Å²) in [6.07, 6.45) is -4.40. The first-order valence-corrected chi connectivity index (χ1v) is 7.49. The Morgan fingerprint density at radius 2 is 1.84 bits per heavy atom.